The number of nitrogens with one attached hydrogen (secondary N) is 1. The summed E-state index contributed by atoms with van der Waals surface area (Å²) in [7, 11) is 0. The van der Waals surface area contributed by atoms with Gasteiger partial charge in [-0.05, 0) is 25.8 Å². The molecule has 0 spiro atoms. The SMILES string of the molecule is CC(C)C(=O)NC(C)(C)Cc1ccccc1. The van der Waals surface area contributed by atoms with Crippen molar-refractivity contribution in [1.82, 2.24) is 5.32 Å². The van der Waals surface area contributed by atoms with Gasteiger partial charge >= 0.3 is 0 Å². The van der Waals surface area contributed by atoms with Crippen LogP contribution in [0.1, 0.15) is 33.3 Å². The molecule has 1 aromatic carbocycles. The summed E-state index contributed by atoms with van der Waals surface area (Å²) in [6.45, 7) is 7.93. The Balaban J connectivity index is 2.62. The molecule has 0 aromatic heterocycles. The highest BCUT2D eigenvalue weighted by molar-refractivity contribution is 5.78. The Morgan fingerprint density at radius 2 is 1.81 bits per heavy atom. The van der Waals surface area contributed by atoms with Crippen LogP contribution in [0, 0.1) is 5.92 Å². The normalized spacial score (nSPS) is 11.6. The van der Waals surface area contributed by atoms with Crippen LogP contribution in [0.2, 0.25) is 0 Å². The number of hydrogen-bond donors (Lipinski definition) is 1. The molecule has 1 rings (SSSR count). The molecule has 16 heavy (non-hydrogen) atoms. The van der Waals surface area contributed by atoms with Crippen LogP contribution in [0.15, 0.2) is 30.3 Å². The average Bonchev–Trinajstić information content (AvgIpc) is 2.17. The van der Waals surface area contributed by atoms with Crippen molar-refractivity contribution in [2.75, 3.05) is 0 Å². The van der Waals surface area contributed by atoms with Crippen LogP contribution in [-0.4, -0.2) is 11.4 Å². The van der Waals surface area contributed by atoms with Gasteiger partial charge in [0.05, 0.1) is 0 Å². The van der Waals surface area contributed by atoms with Crippen molar-refractivity contribution in [2.24, 2.45) is 5.92 Å². The third-order valence-electron chi connectivity index (χ3n) is 2.47. The van der Waals surface area contributed by atoms with Gasteiger partial charge in [0.1, 0.15) is 0 Å². The summed E-state index contributed by atoms with van der Waals surface area (Å²) in [6, 6.07) is 10.2. The summed E-state index contributed by atoms with van der Waals surface area (Å²) in [5, 5.41) is 3.07. The molecule has 0 saturated carbocycles. The molecule has 1 amide bonds. The molecule has 0 aliphatic heterocycles. The molecule has 0 radical (unpaired) electrons. The van der Waals surface area contributed by atoms with Crippen molar-refractivity contribution >= 4 is 5.91 Å². The van der Waals surface area contributed by atoms with Crippen molar-refractivity contribution in [1.29, 1.82) is 0 Å². The summed E-state index contributed by atoms with van der Waals surface area (Å²) < 4.78 is 0. The van der Waals surface area contributed by atoms with Crippen molar-refractivity contribution < 1.29 is 4.79 Å². The minimum absolute atomic E-state index is 0.0371. The zero-order chi connectivity index (χ0) is 12.2. The van der Waals surface area contributed by atoms with E-state index >= 15 is 0 Å². The molecule has 2 heteroatoms. The van der Waals surface area contributed by atoms with Crippen LogP contribution in [0.25, 0.3) is 0 Å². The van der Waals surface area contributed by atoms with E-state index in [9.17, 15) is 4.79 Å². The second-order valence-electron chi connectivity index (χ2n) is 5.19. The van der Waals surface area contributed by atoms with E-state index in [0.717, 1.165) is 6.42 Å². The third kappa shape index (κ3) is 4.05. The highest BCUT2D eigenvalue weighted by Gasteiger charge is 2.21. The van der Waals surface area contributed by atoms with E-state index < -0.39 is 0 Å². The summed E-state index contributed by atoms with van der Waals surface area (Å²) in [6.07, 6.45) is 0.853. The Hall–Kier alpha value is -1.31. The van der Waals surface area contributed by atoms with Crippen LogP contribution >= 0.6 is 0 Å². The molecule has 88 valence electrons. The average molecular weight is 219 g/mol. The molecule has 0 saturated heterocycles. The highest BCUT2D eigenvalue weighted by atomic mass is 16.2. The molecule has 0 aliphatic carbocycles. The molecular weight excluding hydrogens is 198 g/mol. The van der Waals surface area contributed by atoms with Crippen molar-refractivity contribution in [3.8, 4) is 0 Å². The fourth-order valence-electron chi connectivity index (χ4n) is 1.63. The fraction of sp³-hybridized carbons (Fsp3) is 0.500. The molecule has 0 heterocycles. The lowest BCUT2D eigenvalue weighted by molar-refractivity contribution is -0.125. The second-order valence-corrected chi connectivity index (χ2v) is 5.19. The van der Waals surface area contributed by atoms with E-state index in [1.807, 2.05) is 32.0 Å². The molecule has 0 fully saturated rings. The molecular formula is C14H21NO. The molecule has 1 N–H and O–H groups in total. The van der Waals surface area contributed by atoms with Crippen LogP contribution in [0.3, 0.4) is 0 Å². The minimum Gasteiger partial charge on any atom is -0.351 e. The van der Waals surface area contributed by atoms with E-state index in [1.165, 1.54) is 5.56 Å². The molecule has 2 nitrogen and oxygen atoms in total. The first-order chi connectivity index (χ1) is 7.41. The summed E-state index contributed by atoms with van der Waals surface area (Å²) >= 11 is 0. The molecule has 0 bridgehead atoms. The van der Waals surface area contributed by atoms with Crippen molar-refractivity contribution in [3.63, 3.8) is 0 Å². The predicted molar refractivity (Wildman–Crippen MR) is 67.2 cm³/mol. The predicted octanol–water partition coefficient (Wildman–Crippen LogP) is 2.78. The highest BCUT2D eigenvalue weighted by Crippen LogP contribution is 2.13. The van der Waals surface area contributed by atoms with Crippen LogP contribution < -0.4 is 5.32 Å². The van der Waals surface area contributed by atoms with Crippen molar-refractivity contribution in [3.05, 3.63) is 35.9 Å². The van der Waals surface area contributed by atoms with Crippen LogP contribution in [0.4, 0.5) is 0 Å². The minimum atomic E-state index is -0.192. The van der Waals surface area contributed by atoms with Gasteiger partial charge in [-0.3, -0.25) is 4.79 Å². The fourth-order valence-corrected chi connectivity index (χ4v) is 1.63. The Kier molecular flexibility index (Phi) is 4.11. The van der Waals surface area contributed by atoms with Gasteiger partial charge in [0, 0.05) is 11.5 Å². The van der Waals surface area contributed by atoms with E-state index in [-0.39, 0.29) is 17.4 Å². The largest absolute Gasteiger partial charge is 0.351 e. The number of carbonyl (C=O) groups excluding carboxylic acids is 1. The first-order valence-corrected chi connectivity index (χ1v) is 5.77. The number of carbonyl (C=O) groups is 1. The summed E-state index contributed by atoms with van der Waals surface area (Å²) in [5.41, 5.74) is 1.06. The maximum absolute atomic E-state index is 11.6. The summed E-state index contributed by atoms with van der Waals surface area (Å²) in [5.74, 6) is 0.149. The van der Waals surface area contributed by atoms with E-state index in [2.05, 4.69) is 31.3 Å². The van der Waals surface area contributed by atoms with E-state index in [0.29, 0.717) is 0 Å². The smallest absolute Gasteiger partial charge is 0.222 e. The van der Waals surface area contributed by atoms with Gasteiger partial charge in [-0.25, -0.2) is 0 Å². The lowest BCUT2D eigenvalue weighted by atomic mass is 9.94. The van der Waals surface area contributed by atoms with E-state index in [1.54, 1.807) is 0 Å². The maximum atomic E-state index is 11.6. The lowest BCUT2D eigenvalue weighted by Gasteiger charge is -2.27. The molecule has 0 atom stereocenters. The second kappa shape index (κ2) is 5.15. The van der Waals surface area contributed by atoms with Gasteiger partial charge in [-0.2, -0.15) is 0 Å². The summed E-state index contributed by atoms with van der Waals surface area (Å²) in [4.78, 5) is 11.6. The zero-order valence-corrected chi connectivity index (χ0v) is 10.6. The third-order valence-corrected chi connectivity index (χ3v) is 2.47. The van der Waals surface area contributed by atoms with Gasteiger partial charge in [-0.15, -0.1) is 0 Å². The molecule has 0 aliphatic rings. The van der Waals surface area contributed by atoms with Gasteiger partial charge in [0.2, 0.25) is 5.91 Å². The van der Waals surface area contributed by atoms with Gasteiger partial charge < -0.3 is 5.32 Å². The Morgan fingerprint density at radius 3 is 2.31 bits per heavy atom. The molecule has 0 unspecified atom stereocenters. The number of benzene rings is 1. The maximum Gasteiger partial charge on any atom is 0.222 e. The topological polar surface area (TPSA) is 29.1 Å². The zero-order valence-electron chi connectivity index (χ0n) is 10.6. The monoisotopic (exact) mass is 219 g/mol. The molecule has 1 aromatic rings. The Morgan fingerprint density at radius 1 is 1.25 bits per heavy atom. The Labute approximate surface area is 98.1 Å². The van der Waals surface area contributed by atoms with Gasteiger partial charge in [-0.1, -0.05) is 44.2 Å². The number of amides is 1. The van der Waals surface area contributed by atoms with Gasteiger partial charge in [0.15, 0.2) is 0 Å². The first-order valence-electron chi connectivity index (χ1n) is 5.77. The van der Waals surface area contributed by atoms with Gasteiger partial charge in [0.25, 0.3) is 0 Å². The standard InChI is InChI=1S/C14H21NO/c1-11(2)13(16)15-14(3,4)10-12-8-6-5-7-9-12/h5-9,11H,10H2,1-4H3,(H,15,16). The Bertz CT molecular complexity index is 341. The van der Waals surface area contributed by atoms with Crippen LogP contribution in [-0.2, 0) is 11.2 Å². The van der Waals surface area contributed by atoms with Crippen LogP contribution in [0.5, 0.6) is 0 Å². The van der Waals surface area contributed by atoms with E-state index in [4.69, 9.17) is 0 Å². The number of hydrogen-bond acceptors (Lipinski definition) is 1. The lowest BCUT2D eigenvalue weighted by Crippen LogP contribution is -2.46. The quantitative estimate of drug-likeness (QED) is 0.829. The van der Waals surface area contributed by atoms with Crippen molar-refractivity contribution in [2.45, 2.75) is 39.7 Å². The number of rotatable bonds is 4. The first kappa shape index (κ1) is 12.8.